The molecule has 0 amide bonds. The van der Waals surface area contributed by atoms with Gasteiger partial charge in [0.1, 0.15) is 12.2 Å². The van der Waals surface area contributed by atoms with Gasteiger partial charge in [-0.3, -0.25) is 4.90 Å². The molecule has 3 aliphatic rings. The van der Waals surface area contributed by atoms with Crippen LogP contribution in [-0.2, 0) is 4.74 Å². The van der Waals surface area contributed by atoms with Crippen molar-refractivity contribution in [2.45, 2.75) is 43.2 Å². The first kappa shape index (κ1) is 6.40. The van der Waals surface area contributed by atoms with E-state index in [9.17, 15) is 5.11 Å². The number of ether oxygens (including phenoxy) is 1. The van der Waals surface area contributed by atoms with Crippen molar-refractivity contribution in [2.24, 2.45) is 0 Å². The fraction of sp³-hybridized carbons (Fsp3) is 1.00. The molecule has 0 aliphatic carbocycles. The SMILES string of the molecule is CN1[C@@H]2C[C@@H](O)C[C@H]1[C@@H]1O[C@@H]12. The number of hydrogen-bond acceptors (Lipinski definition) is 3. The Morgan fingerprint density at radius 1 is 1.27 bits per heavy atom. The van der Waals surface area contributed by atoms with Crippen LogP contribution in [0.3, 0.4) is 0 Å². The van der Waals surface area contributed by atoms with Crippen molar-refractivity contribution >= 4 is 0 Å². The molecule has 62 valence electrons. The van der Waals surface area contributed by atoms with E-state index in [0.717, 1.165) is 12.8 Å². The standard InChI is InChI=1S/C8H13NO2/c1-9-5-2-4(10)3-6(9)8-7(5)11-8/h4-8,10H,2-3H2,1H3/t4-,5-,6+,7-,8+. The van der Waals surface area contributed by atoms with E-state index in [2.05, 4.69) is 11.9 Å². The first-order chi connectivity index (χ1) is 5.27. The molecule has 1 N–H and O–H groups in total. The van der Waals surface area contributed by atoms with Gasteiger partial charge in [-0.05, 0) is 19.9 Å². The Kier molecular flexibility index (Phi) is 1.04. The van der Waals surface area contributed by atoms with E-state index in [1.807, 2.05) is 0 Å². The molecule has 3 fully saturated rings. The van der Waals surface area contributed by atoms with E-state index >= 15 is 0 Å². The number of aliphatic hydroxyl groups excluding tert-OH is 1. The average molecular weight is 155 g/mol. The zero-order valence-corrected chi connectivity index (χ0v) is 6.60. The second kappa shape index (κ2) is 1.79. The number of hydrogen-bond donors (Lipinski definition) is 1. The van der Waals surface area contributed by atoms with Crippen molar-refractivity contribution in [1.82, 2.24) is 4.90 Å². The summed E-state index contributed by atoms with van der Waals surface area (Å²) in [6, 6.07) is 1.02. The smallest absolute Gasteiger partial charge is 0.101 e. The Hall–Kier alpha value is -0.120. The molecule has 3 aliphatic heterocycles. The maximum absolute atomic E-state index is 9.46. The van der Waals surface area contributed by atoms with Crippen LogP contribution in [0, 0.1) is 0 Å². The third-order valence-electron chi connectivity index (χ3n) is 3.39. The van der Waals surface area contributed by atoms with E-state index < -0.39 is 0 Å². The number of morpholine rings is 1. The largest absolute Gasteiger partial charge is 0.393 e. The summed E-state index contributed by atoms with van der Waals surface area (Å²) < 4.78 is 5.49. The van der Waals surface area contributed by atoms with Crippen LogP contribution in [0.4, 0.5) is 0 Å². The summed E-state index contributed by atoms with van der Waals surface area (Å²) in [5, 5.41) is 9.46. The Balaban J connectivity index is 1.90. The predicted molar refractivity (Wildman–Crippen MR) is 39.2 cm³/mol. The first-order valence-electron chi connectivity index (χ1n) is 4.33. The highest BCUT2D eigenvalue weighted by atomic mass is 16.6. The van der Waals surface area contributed by atoms with E-state index in [-0.39, 0.29) is 6.10 Å². The molecule has 3 nitrogen and oxygen atoms in total. The van der Waals surface area contributed by atoms with Crippen molar-refractivity contribution in [3.63, 3.8) is 0 Å². The third-order valence-corrected chi connectivity index (χ3v) is 3.39. The minimum absolute atomic E-state index is 0.0717. The normalized spacial score (nSPS) is 61.1. The number of likely N-dealkylation sites (N-methyl/N-ethyl adjacent to an activating group) is 1. The van der Waals surface area contributed by atoms with E-state index in [1.165, 1.54) is 0 Å². The highest BCUT2D eigenvalue weighted by Gasteiger charge is 2.62. The predicted octanol–water partition coefficient (Wildman–Crippen LogP) is -0.409. The summed E-state index contributed by atoms with van der Waals surface area (Å²) in [5.41, 5.74) is 0. The van der Waals surface area contributed by atoms with Gasteiger partial charge in [-0.2, -0.15) is 0 Å². The molecule has 2 bridgehead atoms. The molecule has 0 saturated carbocycles. The van der Waals surface area contributed by atoms with E-state index in [1.54, 1.807) is 0 Å². The molecule has 11 heavy (non-hydrogen) atoms. The van der Waals surface area contributed by atoms with Crippen molar-refractivity contribution in [2.75, 3.05) is 7.05 Å². The number of fused-ring (bicyclic) bond motifs is 5. The van der Waals surface area contributed by atoms with Crippen molar-refractivity contribution < 1.29 is 9.84 Å². The zero-order chi connectivity index (χ0) is 7.59. The molecule has 0 unspecified atom stereocenters. The van der Waals surface area contributed by atoms with Gasteiger partial charge in [0.25, 0.3) is 0 Å². The van der Waals surface area contributed by atoms with Crippen LogP contribution in [0.15, 0.2) is 0 Å². The van der Waals surface area contributed by atoms with Gasteiger partial charge in [0, 0.05) is 12.1 Å². The molecule has 3 saturated heterocycles. The summed E-state index contributed by atoms with van der Waals surface area (Å²) in [6.07, 6.45) is 2.67. The van der Waals surface area contributed by atoms with Gasteiger partial charge in [0.15, 0.2) is 0 Å². The van der Waals surface area contributed by atoms with E-state index in [0.29, 0.717) is 24.3 Å². The molecule has 0 radical (unpaired) electrons. The first-order valence-corrected chi connectivity index (χ1v) is 4.33. The monoisotopic (exact) mass is 155 g/mol. The Bertz CT molecular complexity index is 179. The Morgan fingerprint density at radius 3 is 2.36 bits per heavy atom. The highest BCUT2D eigenvalue weighted by Crippen LogP contribution is 2.47. The lowest BCUT2D eigenvalue weighted by Gasteiger charge is -2.36. The molecule has 0 aromatic carbocycles. The van der Waals surface area contributed by atoms with Crippen LogP contribution >= 0.6 is 0 Å². The fourth-order valence-electron chi connectivity index (χ4n) is 2.72. The summed E-state index contributed by atoms with van der Waals surface area (Å²) >= 11 is 0. The van der Waals surface area contributed by atoms with Crippen LogP contribution in [-0.4, -0.2) is 47.4 Å². The lowest BCUT2D eigenvalue weighted by molar-refractivity contribution is 0.00149. The number of epoxide rings is 1. The molecular weight excluding hydrogens is 142 g/mol. The van der Waals surface area contributed by atoms with E-state index in [4.69, 9.17) is 4.74 Å². The van der Waals surface area contributed by atoms with Gasteiger partial charge in [-0.1, -0.05) is 0 Å². The van der Waals surface area contributed by atoms with Crippen LogP contribution in [0.25, 0.3) is 0 Å². The molecular formula is C8H13NO2. The summed E-state index contributed by atoms with van der Waals surface area (Å²) in [4.78, 5) is 2.38. The van der Waals surface area contributed by atoms with Crippen molar-refractivity contribution in [1.29, 1.82) is 0 Å². The van der Waals surface area contributed by atoms with Gasteiger partial charge in [-0.25, -0.2) is 0 Å². The molecule has 0 spiro atoms. The maximum Gasteiger partial charge on any atom is 0.101 e. The zero-order valence-electron chi connectivity index (χ0n) is 6.60. The topological polar surface area (TPSA) is 36.0 Å². The maximum atomic E-state index is 9.46. The molecule has 0 aromatic heterocycles. The summed E-state index contributed by atoms with van der Waals surface area (Å²) in [5.74, 6) is 0. The molecule has 3 rings (SSSR count). The van der Waals surface area contributed by atoms with Crippen LogP contribution in [0.1, 0.15) is 12.8 Å². The van der Waals surface area contributed by atoms with Crippen LogP contribution in [0.2, 0.25) is 0 Å². The molecule has 3 heteroatoms. The Labute approximate surface area is 65.9 Å². The van der Waals surface area contributed by atoms with Crippen molar-refractivity contribution in [3.8, 4) is 0 Å². The molecule has 3 heterocycles. The van der Waals surface area contributed by atoms with Gasteiger partial charge >= 0.3 is 0 Å². The summed E-state index contributed by atoms with van der Waals surface area (Å²) in [6.45, 7) is 0. The molecule has 5 atom stereocenters. The number of rotatable bonds is 0. The number of nitrogens with zero attached hydrogens (tertiary/aromatic N) is 1. The van der Waals surface area contributed by atoms with Gasteiger partial charge in [-0.15, -0.1) is 0 Å². The minimum atomic E-state index is -0.0717. The van der Waals surface area contributed by atoms with Crippen LogP contribution < -0.4 is 0 Å². The quantitative estimate of drug-likeness (QED) is 0.483. The second-order valence-corrected chi connectivity index (χ2v) is 3.99. The third kappa shape index (κ3) is 0.687. The van der Waals surface area contributed by atoms with Gasteiger partial charge in [0.05, 0.1) is 6.10 Å². The molecule has 0 aromatic rings. The lowest BCUT2D eigenvalue weighted by atomic mass is 10.00. The van der Waals surface area contributed by atoms with Gasteiger partial charge < -0.3 is 9.84 Å². The second-order valence-electron chi connectivity index (χ2n) is 3.99. The lowest BCUT2D eigenvalue weighted by Crippen LogP contribution is -2.46. The Morgan fingerprint density at radius 2 is 1.82 bits per heavy atom. The highest BCUT2D eigenvalue weighted by molar-refractivity contribution is 5.13. The summed E-state index contributed by atoms with van der Waals surface area (Å²) in [7, 11) is 2.15. The van der Waals surface area contributed by atoms with Gasteiger partial charge in [0.2, 0.25) is 0 Å². The average Bonchev–Trinajstić information content (AvgIpc) is 2.66. The number of aliphatic hydroxyl groups is 1. The minimum Gasteiger partial charge on any atom is -0.393 e. The number of piperidine rings is 1. The van der Waals surface area contributed by atoms with Crippen molar-refractivity contribution in [3.05, 3.63) is 0 Å². The fourth-order valence-corrected chi connectivity index (χ4v) is 2.72. The van der Waals surface area contributed by atoms with Crippen LogP contribution in [0.5, 0.6) is 0 Å².